The highest BCUT2D eigenvalue weighted by molar-refractivity contribution is 8.18. The Morgan fingerprint density at radius 3 is 2.42 bits per heavy atom. The molecule has 2 amide bonds. The Hall–Kier alpha value is -3.78. The van der Waals surface area contributed by atoms with Crippen LogP contribution in [0.1, 0.15) is 23.6 Å². The van der Waals surface area contributed by atoms with E-state index in [0.29, 0.717) is 36.9 Å². The predicted octanol–water partition coefficient (Wildman–Crippen LogP) is 6.23. The second kappa shape index (κ2) is 11.8. The Morgan fingerprint density at radius 1 is 0.917 bits per heavy atom. The molecule has 0 atom stereocenters. The summed E-state index contributed by atoms with van der Waals surface area (Å²) in [5, 5.41) is -0.437. The third-order valence-corrected chi connectivity index (χ3v) is 6.26. The second-order valence-corrected chi connectivity index (χ2v) is 9.00. The molecule has 0 saturated carbocycles. The minimum atomic E-state index is -0.459. The number of hydrogen-bond acceptors (Lipinski definition) is 6. The van der Waals surface area contributed by atoms with Crippen LogP contribution < -0.4 is 14.2 Å². The van der Waals surface area contributed by atoms with Crippen molar-refractivity contribution < 1.29 is 28.2 Å². The first-order chi connectivity index (χ1) is 17.4. The lowest BCUT2D eigenvalue weighted by Gasteiger charge is -2.14. The van der Waals surface area contributed by atoms with E-state index in [9.17, 15) is 14.0 Å². The average molecular weight is 508 g/mol. The van der Waals surface area contributed by atoms with Crippen molar-refractivity contribution in [3.8, 4) is 17.2 Å². The monoisotopic (exact) mass is 507 g/mol. The number of benzene rings is 3. The van der Waals surface area contributed by atoms with Crippen LogP contribution in [0.2, 0.25) is 0 Å². The van der Waals surface area contributed by atoms with E-state index in [1.807, 2.05) is 38.1 Å². The van der Waals surface area contributed by atoms with Gasteiger partial charge >= 0.3 is 0 Å². The van der Waals surface area contributed by atoms with Crippen molar-refractivity contribution in [3.05, 3.63) is 94.1 Å². The van der Waals surface area contributed by atoms with E-state index in [0.717, 1.165) is 28.0 Å². The standard InChI is InChI=1S/C28H26FNO5S/c1-3-33-25-16-20(10-13-24(25)35-15-14-34-22-11-8-19(2)9-12-22)17-26-27(31)30(28(32)36-26)18-21-6-4-5-7-23(21)29/h4-13,16-17H,3,14-15,18H2,1-2H3/b26-17-. The molecule has 186 valence electrons. The molecular weight excluding hydrogens is 481 g/mol. The maximum atomic E-state index is 14.0. The SMILES string of the molecule is CCOc1cc(/C=C2\SC(=O)N(Cc3ccccc3F)C2=O)ccc1OCCOc1ccc(C)cc1. The molecule has 1 heterocycles. The lowest BCUT2D eigenvalue weighted by molar-refractivity contribution is -0.123. The maximum Gasteiger partial charge on any atom is 0.293 e. The van der Waals surface area contributed by atoms with Crippen LogP contribution in [0.4, 0.5) is 9.18 Å². The van der Waals surface area contributed by atoms with Gasteiger partial charge in [0.1, 0.15) is 24.8 Å². The van der Waals surface area contributed by atoms with Gasteiger partial charge < -0.3 is 14.2 Å². The molecule has 1 saturated heterocycles. The van der Waals surface area contributed by atoms with E-state index in [4.69, 9.17) is 14.2 Å². The van der Waals surface area contributed by atoms with Gasteiger partial charge in [0, 0.05) is 5.56 Å². The highest BCUT2D eigenvalue weighted by Gasteiger charge is 2.35. The third kappa shape index (κ3) is 6.26. The van der Waals surface area contributed by atoms with Gasteiger partial charge in [-0.2, -0.15) is 0 Å². The van der Waals surface area contributed by atoms with Gasteiger partial charge in [0.05, 0.1) is 18.1 Å². The number of rotatable bonds is 10. The molecule has 0 aromatic heterocycles. The first-order valence-electron chi connectivity index (χ1n) is 11.5. The molecule has 0 aliphatic carbocycles. The summed E-state index contributed by atoms with van der Waals surface area (Å²) in [6.45, 7) is 4.89. The lowest BCUT2D eigenvalue weighted by atomic mass is 10.1. The van der Waals surface area contributed by atoms with Crippen LogP contribution in [0.5, 0.6) is 17.2 Å². The summed E-state index contributed by atoms with van der Waals surface area (Å²) in [7, 11) is 0. The Morgan fingerprint density at radius 2 is 1.67 bits per heavy atom. The third-order valence-electron chi connectivity index (χ3n) is 5.36. The van der Waals surface area contributed by atoms with Crippen molar-refractivity contribution in [2.24, 2.45) is 0 Å². The molecule has 0 N–H and O–H groups in total. The summed E-state index contributed by atoms with van der Waals surface area (Å²) in [4.78, 5) is 26.6. The van der Waals surface area contributed by atoms with Crippen LogP contribution in [0.15, 0.2) is 71.6 Å². The molecule has 6 nitrogen and oxygen atoms in total. The highest BCUT2D eigenvalue weighted by Crippen LogP contribution is 2.35. The zero-order chi connectivity index (χ0) is 25.5. The van der Waals surface area contributed by atoms with Crippen molar-refractivity contribution in [2.45, 2.75) is 20.4 Å². The van der Waals surface area contributed by atoms with Crippen molar-refractivity contribution >= 4 is 29.0 Å². The van der Waals surface area contributed by atoms with Gasteiger partial charge in [-0.3, -0.25) is 14.5 Å². The van der Waals surface area contributed by atoms with Gasteiger partial charge in [-0.25, -0.2) is 4.39 Å². The second-order valence-electron chi connectivity index (χ2n) is 8.01. The zero-order valence-electron chi connectivity index (χ0n) is 20.0. The van der Waals surface area contributed by atoms with Gasteiger partial charge in [0.15, 0.2) is 11.5 Å². The fraction of sp³-hybridized carbons (Fsp3) is 0.214. The van der Waals surface area contributed by atoms with Crippen molar-refractivity contribution in [1.82, 2.24) is 4.90 Å². The Kier molecular flexibility index (Phi) is 8.28. The fourth-order valence-electron chi connectivity index (χ4n) is 3.53. The number of ether oxygens (including phenoxy) is 3. The van der Waals surface area contributed by atoms with E-state index in [1.165, 1.54) is 6.07 Å². The normalized spacial score (nSPS) is 14.4. The predicted molar refractivity (Wildman–Crippen MR) is 138 cm³/mol. The van der Waals surface area contributed by atoms with Gasteiger partial charge in [0.2, 0.25) is 0 Å². The van der Waals surface area contributed by atoms with Crippen LogP contribution in [-0.2, 0) is 11.3 Å². The molecule has 0 radical (unpaired) electrons. The number of aryl methyl sites for hydroxylation is 1. The molecule has 1 aliphatic heterocycles. The first kappa shape index (κ1) is 25.3. The van der Waals surface area contributed by atoms with Crippen LogP contribution in [0, 0.1) is 12.7 Å². The average Bonchev–Trinajstić information content (AvgIpc) is 3.13. The Bertz CT molecular complexity index is 1280. The summed E-state index contributed by atoms with van der Waals surface area (Å²) < 4.78 is 31.3. The van der Waals surface area contributed by atoms with Gasteiger partial charge in [0.25, 0.3) is 11.1 Å². The number of nitrogens with zero attached hydrogens (tertiary/aromatic N) is 1. The topological polar surface area (TPSA) is 65.1 Å². The van der Waals surface area contributed by atoms with E-state index in [1.54, 1.807) is 42.5 Å². The molecule has 4 rings (SSSR count). The van der Waals surface area contributed by atoms with Crippen molar-refractivity contribution in [1.29, 1.82) is 0 Å². The molecule has 1 fully saturated rings. The summed E-state index contributed by atoms with van der Waals surface area (Å²) in [6.07, 6.45) is 1.62. The molecule has 36 heavy (non-hydrogen) atoms. The molecule has 3 aromatic carbocycles. The summed E-state index contributed by atoms with van der Waals surface area (Å²) in [5.41, 5.74) is 2.13. The maximum absolute atomic E-state index is 14.0. The largest absolute Gasteiger partial charge is 0.490 e. The smallest absolute Gasteiger partial charge is 0.293 e. The number of thioether (sulfide) groups is 1. The van der Waals surface area contributed by atoms with Crippen molar-refractivity contribution in [3.63, 3.8) is 0 Å². The summed E-state index contributed by atoms with van der Waals surface area (Å²) >= 11 is 0.828. The number of halogens is 1. The molecule has 0 unspecified atom stereocenters. The van der Waals surface area contributed by atoms with Crippen LogP contribution in [0.25, 0.3) is 6.08 Å². The number of carbonyl (C=O) groups excluding carboxylic acids is 2. The minimum absolute atomic E-state index is 0.115. The number of amides is 2. The fourth-order valence-corrected chi connectivity index (χ4v) is 4.37. The Balaban J connectivity index is 1.41. The minimum Gasteiger partial charge on any atom is -0.490 e. The van der Waals surface area contributed by atoms with Crippen LogP contribution in [-0.4, -0.2) is 35.9 Å². The number of hydrogen-bond donors (Lipinski definition) is 0. The van der Waals surface area contributed by atoms with Crippen LogP contribution >= 0.6 is 11.8 Å². The first-order valence-corrected chi connectivity index (χ1v) is 12.3. The molecule has 3 aromatic rings. The highest BCUT2D eigenvalue weighted by atomic mass is 32.2. The molecule has 1 aliphatic rings. The number of imide groups is 1. The zero-order valence-corrected chi connectivity index (χ0v) is 20.8. The molecule has 0 bridgehead atoms. The van der Waals surface area contributed by atoms with Gasteiger partial charge in [-0.05, 0) is 67.6 Å². The van der Waals surface area contributed by atoms with Gasteiger partial charge in [-0.15, -0.1) is 0 Å². The van der Waals surface area contributed by atoms with Crippen molar-refractivity contribution in [2.75, 3.05) is 19.8 Å². The van der Waals surface area contributed by atoms with E-state index < -0.39 is 17.0 Å². The van der Waals surface area contributed by atoms with Crippen LogP contribution in [0.3, 0.4) is 0 Å². The lowest BCUT2D eigenvalue weighted by Crippen LogP contribution is -2.27. The van der Waals surface area contributed by atoms with E-state index in [2.05, 4.69) is 0 Å². The van der Waals surface area contributed by atoms with E-state index in [-0.39, 0.29) is 17.0 Å². The summed E-state index contributed by atoms with van der Waals surface area (Å²) in [6, 6.07) is 19.2. The Labute approximate surface area is 213 Å². The quantitative estimate of drug-likeness (QED) is 0.240. The number of carbonyl (C=O) groups is 2. The van der Waals surface area contributed by atoms with Gasteiger partial charge in [-0.1, -0.05) is 42.0 Å². The molecule has 8 heteroatoms. The van der Waals surface area contributed by atoms with E-state index >= 15 is 0 Å². The molecular formula is C28H26FNO5S. The summed E-state index contributed by atoms with van der Waals surface area (Å²) in [5.74, 6) is 0.927. The molecule has 0 spiro atoms.